The molecule has 3 unspecified atom stereocenters. The maximum Gasteiger partial charge on any atom is 0.305 e. The molecule has 0 aliphatic carbocycles. The lowest BCUT2D eigenvalue weighted by atomic mass is 9.94. The molecule has 57 heavy (non-hydrogen) atoms. The van der Waals surface area contributed by atoms with Crippen molar-refractivity contribution in [3.8, 4) is 0 Å². The molecule has 0 N–H and O–H groups in total. The van der Waals surface area contributed by atoms with E-state index in [1.807, 2.05) is 0 Å². The first-order valence-corrected chi connectivity index (χ1v) is 25.5. The normalized spacial score (nSPS) is 13.0. The summed E-state index contributed by atoms with van der Waals surface area (Å²) in [6, 6.07) is 0. The summed E-state index contributed by atoms with van der Waals surface area (Å²) in [5.41, 5.74) is 0. The van der Waals surface area contributed by atoms with Crippen LogP contribution in [0.1, 0.15) is 279 Å². The maximum absolute atomic E-state index is 12.7. The second-order valence-corrected chi connectivity index (χ2v) is 17.8. The van der Waals surface area contributed by atoms with Crippen molar-refractivity contribution in [3.63, 3.8) is 0 Å². The molecule has 0 spiro atoms. The predicted molar refractivity (Wildman–Crippen MR) is 247 cm³/mol. The van der Waals surface area contributed by atoms with Crippen LogP contribution in [-0.2, 0) is 23.8 Å². The lowest BCUT2D eigenvalue weighted by Gasteiger charge is -2.21. The van der Waals surface area contributed by atoms with Gasteiger partial charge in [0, 0.05) is 19.3 Å². The number of allylic oxidation sites excluding steroid dienone is 1. The number of carbonyl (C=O) groups excluding carboxylic acids is 2. The molecule has 0 saturated heterocycles. The van der Waals surface area contributed by atoms with E-state index in [1.165, 1.54) is 173 Å². The van der Waals surface area contributed by atoms with E-state index in [1.54, 1.807) is 0 Å². The van der Waals surface area contributed by atoms with E-state index in [0.717, 1.165) is 63.5 Å². The summed E-state index contributed by atoms with van der Waals surface area (Å²) >= 11 is 0. The van der Waals surface area contributed by atoms with Crippen molar-refractivity contribution in [1.82, 2.24) is 0 Å². The maximum atomic E-state index is 12.7. The number of esters is 2. The van der Waals surface area contributed by atoms with Crippen LogP contribution >= 0.6 is 0 Å². The van der Waals surface area contributed by atoms with Crippen molar-refractivity contribution < 1.29 is 23.8 Å². The zero-order chi connectivity index (χ0) is 41.9. The Hall–Kier alpha value is -1.52. The van der Waals surface area contributed by atoms with Gasteiger partial charge in [-0.1, -0.05) is 202 Å². The predicted octanol–water partition coefficient (Wildman–Crippen LogP) is 17.1. The van der Waals surface area contributed by atoms with E-state index >= 15 is 0 Å². The summed E-state index contributed by atoms with van der Waals surface area (Å²) < 4.78 is 17.8. The second kappa shape index (κ2) is 44.0. The van der Waals surface area contributed by atoms with E-state index in [2.05, 4.69) is 41.2 Å². The van der Waals surface area contributed by atoms with Gasteiger partial charge in [-0.3, -0.25) is 9.59 Å². The molecule has 0 rings (SSSR count). The van der Waals surface area contributed by atoms with Gasteiger partial charge in [-0.2, -0.15) is 0 Å². The first-order valence-electron chi connectivity index (χ1n) is 25.5. The molecule has 0 amide bonds. The first-order chi connectivity index (χ1) is 27.9. The molecular weight excluding hydrogens is 705 g/mol. The van der Waals surface area contributed by atoms with E-state index in [9.17, 15) is 9.59 Å². The Morgan fingerprint density at radius 1 is 0.386 bits per heavy atom. The fourth-order valence-electron chi connectivity index (χ4n) is 8.03. The van der Waals surface area contributed by atoms with Crippen LogP contribution in [0.15, 0.2) is 12.3 Å². The lowest BCUT2D eigenvalue weighted by molar-refractivity contribution is -0.146. The van der Waals surface area contributed by atoms with Gasteiger partial charge in [0.1, 0.15) is 0 Å². The van der Waals surface area contributed by atoms with Gasteiger partial charge in [-0.15, -0.1) is 0 Å². The molecule has 0 aliphatic heterocycles. The molecule has 338 valence electrons. The van der Waals surface area contributed by atoms with Crippen molar-refractivity contribution in [1.29, 1.82) is 0 Å². The highest BCUT2D eigenvalue weighted by Crippen LogP contribution is 2.23. The van der Waals surface area contributed by atoms with E-state index in [4.69, 9.17) is 14.2 Å². The number of hydrogen-bond donors (Lipinski definition) is 0. The Morgan fingerprint density at radius 3 is 1.18 bits per heavy atom. The second-order valence-electron chi connectivity index (χ2n) is 17.8. The van der Waals surface area contributed by atoms with Crippen LogP contribution in [0.3, 0.4) is 0 Å². The minimum absolute atomic E-state index is 0.00147. The van der Waals surface area contributed by atoms with Crippen LogP contribution in [0.5, 0.6) is 0 Å². The molecule has 0 aromatic carbocycles. The fourth-order valence-corrected chi connectivity index (χ4v) is 8.03. The lowest BCUT2D eigenvalue weighted by Crippen LogP contribution is -2.14. The molecule has 0 saturated carbocycles. The van der Waals surface area contributed by atoms with Gasteiger partial charge in [0.15, 0.2) is 0 Å². The zero-order valence-corrected chi connectivity index (χ0v) is 39.3. The number of unbranched alkanes of at least 4 members (excludes halogenated alkanes) is 23. The molecule has 0 heterocycles. The smallest absolute Gasteiger partial charge is 0.305 e. The summed E-state index contributed by atoms with van der Waals surface area (Å²) in [5, 5.41) is 0. The van der Waals surface area contributed by atoms with Gasteiger partial charge in [-0.25, -0.2) is 0 Å². The molecule has 0 radical (unpaired) electrons. The van der Waals surface area contributed by atoms with Crippen LogP contribution in [0.2, 0.25) is 0 Å². The highest BCUT2D eigenvalue weighted by molar-refractivity contribution is 5.69. The zero-order valence-electron chi connectivity index (χ0n) is 39.3. The van der Waals surface area contributed by atoms with Crippen LogP contribution in [-0.4, -0.2) is 31.3 Å². The third-order valence-electron chi connectivity index (χ3n) is 12.1. The topological polar surface area (TPSA) is 61.8 Å². The van der Waals surface area contributed by atoms with Gasteiger partial charge in [-0.05, 0) is 76.0 Å². The molecule has 0 aliphatic rings. The minimum Gasteiger partial charge on any atom is -0.495 e. The Kier molecular flexibility index (Phi) is 42.9. The first kappa shape index (κ1) is 55.5. The number of hydrogen-bond acceptors (Lipinski definition) is 5. The van der Waals surface area contributed by atoms with Crippen LogP contribution in [0, 0.1) is 11.8 Å². The fraction of sp³-hybridized carbons (Fsp3) is 0.923. The number of carbonyl (C=O) groups is 2. The van der Waals surface area contributed by atoms with Crippen LogP contribution in [0.25, 0.3) is 0 Å². The Balaban J connectivity index is 4.26. The largest absolute Gasteiger partial charge is 0.495 e. The Morgan fingerprint density at radius 2 is 0.719 bits per heavy atom. The molecule has 0 aromatic heterocycles. The van der Waals surface area contributed by atoms with Gasteiger partial charge in [0.05, 0.1) is 25.1 Å². The standard InChI is InChI=1S/C52H100O5/c1-7-12-16-18-21-25-31-39-49(40-32-26-24-29-36-43-51(53)55-45-48(11-5)38-15-10-4)46-56-52(54)44-35-28-23-20-19-22-27-34-42-50(41-33-17-13-8-2)57-47(6)37-30-14-9-3/h48-50H,6-46H2,1-5H3. The van der Waals surface area contributed by atoms with Crippen molar-refractivity contribution in [2.24, 2.45) is 11.8 Å². The summed E-state index contributed by atoms with van der Waals surface area (Å²) in [5.74, 6) is 1.97. The quantitative estimate of drug-likeness (QED) is 0.0348. The summed E-state index contributed by atoms with van der Waals surface area (Å²) in [6.45, 7) is 16.6. The highest BCUT2D eigenvalue weighted by atomic mass is 16.5. The third-order valence-corrected chi connectivity index (χ3v) is 12.1. The average Bonchev–Trinajstić information content (AvgIpc) is 3.21. The van der Waals surface area contributed by atoms with Crippen LogP contribution in [0.4, 0.5) is 0 Å². The monoisotopic (exact) mass is 805 g/mol. The van der Waals surface area contributed by atoms with Gasteiger partial charge in [0.25, 0.3) is 0 Å². The SMILES string of the molecule is C=C(CCCCC)OC(CCCCCC)CCCCCCCCCCC(=O)OCC(CCCCCCCCC)CCCCCCCC(=O)OCC(CC)CCCC. The van der Waals surface area contributed by atoms with Crippen molar-refractivity contribution in [2.45, 2.75) is 285 Å². The number of ether oxygens (including phenoxy) is 3. The molecule has 5 heteroatoms. The van der Waals surface area contributed by atoms with E-state index in [0.29, 0.717) is 44.0 Å². The molecular formula is C52H100O5. The molecule has 0 aromatic rings. The Bertz CT molecular complexity index is 871. The Labute approximate surface area is 356 Å². The average molecular weight is 805 g/mol. The van der Waals surface area contributed by atoms with Gasteiger partial charge < -0.3 is 14.2 Å². The molecule has 3 atom stereocenters. The van der Waals surface area contributed by atoms with Crippen molar-refractivity contribution >= 4 is 11.9 Å². The van der Waals surface area contributed by atoms with Crippen molar-refractivity contribution in [3.05, 3.63) is 12.3 Å². The van der Waals surface area contributed by atoms with E-state index in [-0.39, 0.29) is 11.9 Å². The third kappa shape index (κ3) is 39.7. The number of rotatable bonds is 46. The van der Waals surface area contributed by atoms with E-state index < -0.39 is 0 Å². The molecule has 5 nitrogen and oxygen atoms in total. The van der Waals surface area contributed by atoms with Gasteiger partial charge in [0.2, 0.25) is 0 Å². The summed E-state index contributed by atoms with van der Waals surface area (Å²) in [6.07, 6.45) is 45.2. The van der Waals surface area contributed by atoms with Crippen molar-refractivity contribution in [2.75, 3.05) is 13.2 Å². The van der Waals surface area contributed by atoms with Crippen LogP contribution < -0.4 is 0 Å². The highest BCUT2D eigenvalue weighted by Gasteiger charge is 2.14. The summed E-state index contributed by atoms with van der Waals surface area (Å²) in [4.78, 5) is 24.9. The minimum atomic E-state index is -0.0220. The molecule has 0 bridgehead atoms. The van der Waals surface area contributed by atoms with Gasteiger partial charge >= 0.3 is 11.9 Å². The summed E-state index contributed by atoms with van der Waals surface area (Å²) in [7, 11) is 0. The molecule has 0 fully saturated rings.